The maximum atomic E-state index is 12.8. The van der Waals surface area contributed by atoms with E-state index in [4.69, 9.17) is 5.11 Å². The zero-order valence-corrected chi connectivity index (χ0v) is 16.6. The third kappa shape index (κ3) is 6.00. The molecule has 0 heterocycles. The molecular weight excluding hydrogens is 290 g/mol. The number of amides is 1. The standard InChI is InChI=1S/C19H35NO3/c1-16(2,3)13-18(7,8)20(14(21)11-12-15(22)23)19(9,10)17(4,5)6/h11-12H,13H2,1-10H3,(H,22,23)/b12-11-. The summed E-state index contributed by atoms with van der Waals surface area (Å²) in [5, 5.41) is 8.84. The lowest BCUT2D eigenvalue weighted by Crippen LogP contribution is -2.63. The second kappa shape index (κ2) is 6.66. The molecule has 0 aromatic rings. The highest BCUT2D eigenvalue weighted by Gasteiger charge is 2.47. The first-order valence-corrected chi connectivity index (χ1v) is 8.17. The van der Waals surface area contributed by atoms with Gasteiger partial charge < -0.3 is 10.0 Å². The first-order chi connectivity index (χ1) is 9.92. The number of rotatable bonds is 5. The van der Waals surface area contributed by atoms with E-state index < -0.39 is 17.0 Å². The number of aliphatic carboxylic acids is 1. The number of carbonyl (C=O) groups is 2. The smallest absolute Gasteiger partial charge is 0.328 e. The molecule has 4 nitrogen and oxygen atoms in total. The summed E-state index contributed by atoms with van der Waals surface area (Å²) in [5.74, 6) is -1.37. The van der Waals surface area contributed by atoms with Crippen LogP contribution in [0.4, 0.5) is 0 Å². The second-order valence-electron chi connectivity index (χ2n) is 9.70. The molecular formula is C19H35NO3. The minimum absolute atomic E-state index is 0.0481. The van der Waals surface area contributed by atoms with Crippen molar-refractivity contribution in [3.05, 3.63) is 12.2 Å². The van der Waals surface area contributed by atoms with Crippen LogP contribution in [0.25, 0.3) is 0 Å². The monoisotopic (exact) mass is 325 g/mol. The predicted molar refractivity (Wildman–Crippen MR) is 95.3 cm³/mol. The van der Waals surface area contributed by atoms with E-state index in [1.54, 1.807) is 0 Å². The van der Waals surface area contributed by atoms with Crippen LogP contribution < -0.4 is 0 Å². The molecule has 4 heteroatoms. The number of hydrogen-bond donors (Lipinski definition) is 1. The molecule has 0 bridgehead atoms. The van der Waals surface area contributed by atoms with Crippen LogP contribution in [0.1, 0.15) is 75.7 Å². The molecule has 23 heavy (non-hydrogen) atoms. The highest BCUT2D eigenvalue weighted by Crippen LogP contribution is 2.42. The Bertz CT molecular complexity index is 474. The number of hydrogen-bond acceptors (Lipinski definition) is 2. The molecule has 0 aromatic heterocycles. The summed E-state index contributed by atoms with van der Waals surface area (Å²) in [6.45, 7) is 20.9. The van der Waals surface area contributed by atoms with E-state index in [1.165, 1.54) is 6.08 Å². The first kappa shape index (κ1) is 21.7. The molecule has 0 aromatic carbocycles. The molecule has 0 unspecified atom stereocenters. The summed E-state index contributed by atoms with van der Waals surface area (Å²) in [6.07, 6.45) is 2.90. The van der Waals surface area contributed by atoms with E-state index in [-0.39, 0.29) is 16.7 Å². The lowest BCUT2D eigenvalue weighted by molar-refractivity contribution is -0.148. The summed E-state index contributed by atoms with van der Waals surface area (Å²) in [6, 6.07) is 0. The van der Waals surface area contributed by atoms with Crippen molar-refractivity contribution in [3.63, 3.8) is 0 Å². The lowest BCUT2D eigenvalue weighted by Gasteiger charge is -2.55. The molecule has 1 N–H and O–H groups in total. The van der Waals surface area contributed by atoms with Gasteiger partial charge in [0.05, 0.1) is 0 Å². The molecule has 0 saturated carbocycles. The van der Waals surface area contributed by atoms with Gasteiger partial charge in [0, 0.05) is 23.2 Å². The summed E-state index contributed by atoms with van der Waals surface area (Å²) in [5.41, 5.74) is -0.960. The van der Waals surface area contributed by atoms with Crippen molar-refractivity contribution >= 4 is 11.9 Å². The maximum Gasteiger partial charge on any atom is 0.328 e. The van der Waals surface area contributed by atoms with Gasteiger partial charge in [0.2, 0.25) is 5.91 Å². The number of nitrogens with zero attached hydrogens (tertiary/aromatic N) is 1. The zero-order valence-electron chi connectivity index (χ0n) is 16.6. The van der Waals surface area contributed by atoms with E-state index in [0.29, 0.717) is 0 Å². The van der Waals surface area contributed by atoms with Crippen molar-refractivity contribution in [3.8, 4) is 0 Å². The molecule has 0 atom stereocenters. The van der Waals surface area contributed by atoms with Gasteiger partial charge in [-0.3, -0.25) is 4.79 Å². The Kier molecular flexibility index (Phi) is 6.28. The van der Waals surface area contributed by atoms with Crippen LogP contribution in [-0.2, 0) is 9.59 Å². The van der Waals surface area contributed by atoms with Crippen LogP contribution in [-0.4, -0.2) is 33.0 Å². The van der Waals surface area contributed by atoms with Crippen molar-refractivity contribution in [2.45, 2.75) is 86.7 Å². The van der Waals surface area contributed by atoms with Crippen LogP contribution in [0.2, 0.25) is 0 Å². The van der Waals surface area contributed by atoms with Crippen molar-refractivity contribution in [1.29, 1.82) is 0 Å². The average molecular weight is 325 g/mol. The van der Waals surface area contributed by atoms with E-state index in [9.17, 15) is 9.59 Å². The van der Waals surface area contributed by atoms with Crippen LogP contribution in [0.5, 0.6) is 0 Å². The molecule has 134 valence electrons. The largest absolute Gasteiger partial charge is 0.478 e. The summed E-state index contributed by atoms with van der Waals surface area (Å²) >= 11 is 0. The quantitative estimate of drug-likeness (QED) is 0.757. The Morgan fingerprint density at radius 3 is 1.61 bits per heavy atom. The normalized spacial score (nSPS) is 14.2. The molecule has 0 aliphatic carbocycles. The van der Waals surface area contributed by atoms with Crippen molar-refractivity contribution < 1.29 is 14.7 Å². The van der Waals surface area contributed by atoms with E-state index in [1.807, 2.05) is 18.7 Å². The Morgan fingerprint density at radius 1 is 0.870 bits per heavy atom. The maximum absolute atomic E-state index is 12.8. The Labute approximate surface area is 141 Å². The Hall–Kier alpha value is -1.32. The van der Waals surface area contributed by atoms with Crippen LogP contribution in [0, 0.1) is 10.8 Å². The third-order valence-corrected chi connectivity index (χ3v) is 4.55. The van der Waals surface area contributed by atoms with Gasteiger partial charge in [0.15, 0.2) is 0 Å². The highest BCUT2D eigenvalue weighted by atomic mass is 16.4. The number of carboxylic acid groups (broad SMARTS) is 1. The molecule has 0 fully saturated rings. The highest BCUT2D eigenvalue weighted by molar-refractivity contribution is 5.94. The predicted octanol–water partition coefficient (Wildman–Crippen LogP) is 4.50. The summed E-state index contributed by atoms with van der Waals surface area (Å²) in [7, 11) is 0. The second-order valence-corrected chi connectivity index (χ2v) is 9.70. The van der Waals surface area contributed by atoms with Crippen LogP contribution in [0.15, 0.2) is 12.2 Å². The van der Waals surface area contributed by atoms with Gasteiger partial charge in [-0.05, 0) is 44.9 Å². The number of carbonyl (C=O) groups excluding carboxylic acids is 1. The zero-order chi connectivity index (χ0) is 18.9. The van der Waals surface area contributed by atoms with Gasteiger partial charge in [-0.2, -0.15) is 0 Å². The van der Waals surface area contributed by atoms with E-state index >= 15 is 0 Å². The molecule has 0 aliphatic rings. The fraction of sp³-hybridized carbons (Fsp3) is 0.789. The van der Waals surface area contributed by atoms with Crippen LogP contribution >= 0.6 is 0 Å². The molecule has 0 saturated heterocycles. The summed E-state index contributed by atoms with van der Waals surface area (Å²) < 4.78 is 0. The van der Waals surface area contributed by atoms with Crippen molar-refractivity contribution in [1.82, 2.24) is 4.90 Å². The molecule has 0 aliphatic heterocycles. The van der Waals surface area contributed by atoms with Gasteiger partial charge >= 0.3 is 5.97 Å². The topological polar surface area (TPSA) is 57.6 Å². The number of carboxylic acids is 1. The third-order valence-electron chi connectivity index (χ3n) is 4.55. The van der Waals surface area contributed by atoms with Crippen molar-refractivity contribution in [2.75, 3.05) is 0 Å². The van der Waals surface area contributed by atoms with E-state index in [2.05, 4.69) is 55.4 Å². The Balaban J connectivity index is 6.02. The van der Waals surface area contributed by atoms with Crippen LogP contribution in [0.3, 0.4) is 0 Å². The van der Waals surface area contributed by atoms with E-state index in [0.717, 1.165) is 12.5 Å². The molecule has 0 radical (unpaired) electrons. The minimum atomic E-state index is -1.11. The first-order valence-electron chi connectivity index (χ1n) is 8.17. The van der Waals surface area contributed by atoms with Gasteiger partial charge in [-0.1, -0.05) is 41.5 Å². The Morgan fingerprint density at radius 2 is 1.30 bits per heavy atom. The van der Waals surface area contributed by atoms with Gasteiger partial charge in [0.25, 0.3) is 0 Å². The fourth-order valence-electron chi connectivity index (χ4n) is 3.26. The van der Waals surface area contributed by atoms with Crippen molar-refractivity contribution in [2.24, 2.45) is 10.8 Å². The minimum Gasteiger partial charge on any atom is -0.478 e. The SMILES string of the molecule is CC(C)(C)CC(C)(C)N(C(=O)/C=C\C(=O)O)C(C)(C)C(C)(C)C. The molecule has 0 spiro atoms. The van der Waals surface area contributed by atoms with Gasteiger partial charge in [0.1, 0.15) is 0 Å². The van der Waals surface area contributed by atoms with Gasteiger partial charge in [-0.25, -0.2) is 4.79 Å². The van der Waals surface area contributed by atoms with Gasteiger partial charge in [-0.15, -0.1) is 0 Å². The fourth-order valence-corrected chi connectivity index (χ4v) is 3.26. The summed E-state index contributed by atoms with van der Waals surface area (Å²) in [4.78, 5) is 25.5. The molecule has 1 amide bonds. The average Bonchev–Trinajstić information content (AvgIpc) is 2.20. The molecule has 0 rings (SSSR count). The lowest BCUT2D eigenvalue weighted by atomic mass is 9.71.